The van der Waals surface area contributed by atoms with E-state index in [1.165, 1.54) is 4.80 Å². The summed E-state index contributed by atoms with van der Waals surface area (Å²) in [7, 11) is 0. The molecule has 72 valence electrons. The highest BCUT2D eigenvalue weighted by Gasteiger charge is 2.06. The fourth-order valence-corrected chi connectivity index (χ4v) is 1.15. The van der Waals surface area contributed by atoms with Crippen molar-refractivity contribution < 1.29 is 5.11 Å². The molecule has 1 N–H and O–H groups in total. The van der Waals surface area contributed by atoms with Crippen LogP contribution in [0.5, 0.6) is 0 Å². The first kappa shape index (κ1) is 8.83. The van der Waals surface area contributed by atoms with E-state index in [0.29, 0.717) is 5.69 Å². The quantitative estimate of drug-likeness (QED) is 0.747. The summed E-state index contributed by atoms with van der Waals surface area (Å²) in [5, 5.41) is 17.2. The fraction of sp³-hybridized carbons (Fsp3) is 0.222. The minimum atomic E-state index is -0.0864. The molecular formula is C9H10N4O. The topological polar surface area (TPSA) is 63.8 Å². The fourth-order valence-electron chi connectivity index (χ4n) is 1.15. The summed E-state index contributed by atoms with van der Waals surface area (Å²) in [6.07, 6.45) is 3.35. The van der Waals surface area contributed by atoms with E-state index >= 15 is 0 Å². The van der Waals surface area contributed by atoms with Crippen LogP contribution in [0.4, 0.5) is 0 Å². The Morgan fingerprint density at radius 2 is 2.00 bits per heavy atom. The lowest BCUT2D eigenvalue weighted by Crippen LogP contribution is -1.99. The van der Waals surface area contributed by atoms with Gasteiger partial charge in [-0.3, -0.25) is 4.98 Å². The van der Waals surface area contributed by atoms with E-state index in [9.17, 15) is 0 Å². The molecule has 0 aromatic carbocycles. The second-order valence-electron chi connectivity index (χ2n) is 2.89. The SMILES string of the molecule is Cc1nn(-c2ccncc2)nc1CO. The highest BCUT2D eigenvalue weighted by Crippen LogP contribution is 2.06. The van der Waals surface area contributed by atoms with Crippen LogP contribution in [0.1, 0.15) is 11.4 Å². The van der Waals surface area contributed by atoms with Gasteiger partial charge in [-0.1, -0.05) is 0 Å². The van der Waals surface area contributed by atoms with E-state index in [4.69, 9.17) is 5.11 Å². The minimum absolute atomic E-state index is 0.0864. The lowest BCUT2D eigenvalue weighted by Gasteiger charge is -1.96. The molecule has 0 amide bonds. The van der Waals surface area contributed by atoms with E-state index in [1.807, 2.05) is 6.92 Å². The van der Waals surface area contributed by atoms with E-state index in [-0.39, 0.29) is 6.61 Å². The van der Waals surface area contributed by atoms with Crippen molar-refractivity contribution in [3.05, 3.63) is 35.9 Å². The van der Waals surface area contributed by atoms with Crippen molar-refractivity contribution in [2.24, 2.45) is 0 Å². The third-order valence-electron chi connectivity index (χ3n) is 1.92. The monoisotopic (exact) mass is 190 g/mol. The molecule has 0 unspecified atom stereocenters. The minimum Gasteiger partial charge on any atom is -0.390 e. The van der Waals surface area contributed by atoms with E-state index in [0.717, 1.165) is 11.4 Å². The standard InChI is InChI=1S/C9H10N4O/c1-7-9(6-14)12-13(11-7)8-2-4-10-5-3-8/h2-5,14H,6H2,1H3. The largest absolute Gasteiger partial charge is 0.390 e. The predicted octanol–water partition coefficient (Wildman–Crippen LogP) is 0.463. The molecule has 5 nitrogen and oxygen atoms in total. The molecule has 0 aliphatic carbocycles. The Balaban J connectivity index is 2.43. The Labute approximate surface area is 81.0 Å². The molecule has 0 aliphatic rings. The molecule has 0 fully saturated rings. The summed E-state index contributed by atoms with van der Waals surface area (Å²) in [4.78, 5) is 5.39. The van der Waals surface area contributed by atoms with Gasteiger partial charge in [0.2, 0.25) is 0 Å². The Kier molecular flexibility index (Phi) is 2.24. The van der Waals surface area contributed by atoms with Crippen molar-refractivity contribution in [3.63, 3.8) is 0 Å². The summed E-state index contributed by atoms with van der Waals surface area (Å²) in [6, 6.07) is 3.61. The van der Waals surface area contributed by atoms with E-state index in [1.54, 1.807) is 24.5 Å². The van der Waals surface area contributed by atoms with Crippen LogP contribution in [-0.4, -0.2) is 25.1 Å². The van der Waals surface area contributed by atoms with Gasteiger partial charge in [0.1, 0.15) is 5.69 Å². The Morgan fingerprint density at radius 1 is 1.29 bits per heavy atom. The molecule has 0 radical (unpaired) electrons. The van der Waals surface area contributed by atoms with E-state index in [2.05, 4.69) is 15.2 Å². The molecule has 0 bridgehead atoms. The maximum atomic E-state index is 8.95. The van der Waals surface area contributed by atoms with Gasteiger partial charge in [-0.05, 0) is 19.1 Å². The predicted molar refractivity (Wildman–Crippen MR) is 49.8 cm³/mol. The van der Waals surface area contributed by atoms with Crippen LogP contribution in [0.3, 0.4) is 0 Å². The number of hydrogen-bond acceptors (Lipinski definition) is 4. The zero-order valence-corrected chi connectivity index (χ0v) is 7.75. The number of nitrogens with zero attached hydrogens (tertiary/aromatic N) is 4. The zero-order valence-electron chi connectivity index (χ0n) is 7.75. The van der Waals surface area contributed by atoms with Crippen molar-refractivity contribution >= 4 is 0 Å². The number of aromatic nitrogens is 4. The summed E-state index contributed by atoms with van der Waals surface area (Å²) >= 11 is 0. The molecule has 2 aromatic heterocycles. The normalized spacial score (nSPS) is 10.4. The van der Waals surface area contributed by atoms with Crippen molar-refractivity contribution in [1.82, 2.24) is 20.0 Å². The van der Waals surface area contributed by atoms with Gasteiger partial charge >= 0.3 is 0 Å². The molecule has 5 heteroatoms. The van der Waals surface area contributed by atoms with Crippen LogP contribution in [0.25, 0.3) is 5.69 Å². The molecule has 2 aromatic rings. The van der Waals surface area contributed by atoms with Gasteiger partial charge in [-0.2, -0.15) is 15.0 Å². The molecule has 0 atom stereocenters. The van der Waals surface area contributed by atoms with Gasteiger partial charge in [-0.25, -0.2) is 0 Å². The van der Waals surface area contributed by atoms with Crippen LogP contribution >= 0.6 is 0 Å². The van der Waals surface area contributed by atoms with Gasteiger partial charge in [0.05, 0.1) is 18.0 Å². The van der Waals surface area contributed by atoms with Crippen molar-refractivity contribution in [1.29, 1.82) is 0 Å². The lowest BCUT2D eigenvalue weighted by atomic mass is 10.4. The smallest absolute Gasteiger partial charge is 0.111 e. The van der Waals surface area contributed by atoms with Gasteiger partial charge in [0.25, 0.3) is 0 Å². The van der Waals surface area contributed by atoms with E-state index < -0.39 is 0 Å². The number of aryl methyl sites for hydroxylation is 1. The Hall–Kier alpha value is -1.75. The van der Waals surface area contributed by atoms with Gasteiger partial charge in [-0.15, -0.1) is 0 Å². The van der Waals surface area contributed by atoms with Crippen LogP contribution in [0.15, 0.2) is 24.5 Å². The van der Waals surface area contributed by atoms with Gasteiger partial charge < -0.3 is 5.11 Å². The van der Waals surface area contributed by atoms with Crippen LogP contribution in [0, 0.1) is 6.92 Å². The van der Waals surface area contributed by atoms with Gasteiger partial charge in [0.15, 0.2) is 0 Å². The summed E-state index contributed by atoms with van der Waals surface area (Å²) in [6.45, 7) is 1.73. The van der Waals surface area contributed by atoms with Crippen molar-refractivity contribution in [2.45, 2.75) is 13.5 Å². The molecule has 0 saturated heterocycles. The highest BCUT2D eigenvalue weighted by atomic mass is 16.3. The summed E-state index contributed by atoms with van der Waals surface area (Å²) in [5.74, 6) is 0. The summed E-state index contributed by atoms with van der Waals surface area (Å²) < 4.78 is 0. The molecule has 0 saturated carbocycles. The van der Waals surface area contributed by atoms with Crippen molar-refractivity contribution in [2.75, 3.05) is 0 Å². The average molecular weight is 190 g/mol. The third kappa shape index (κ3) is 1.49. The molecule has 0 spiro atoms. The number of hydrogen-bond donors (Lipinski definition) is 1. The maximum Gasteiger partial charge on any atom is 0.111 e. The number of pyridine rings is 1. The maximum absolute atomic E-state index is 8.95. The molecule has 2 heterocycles. The van der Waals surface area contributed by atoms with Crippen LogP contribution in [0.2, 0.25) is 0 Å². The number of aliphatic hydroxyl groups is 1. The zero-order chi connectivity index (χ0) is 9.97. The average Bonchev–Trinajstić information content (AvgIpc) is 2.61. The molecule has 2 rings (SSSR count). The third-order valence-corrected chi connectivity index (χ3v) is 1.92. The first-order valence-electron chi connectivity index (χ1n) is 4.25. The Bertz CT molecular complexity index is 424. The lowest BCUT2D eigenvalue weighted by molar-refractivity contribution is 0.275. The molecule has 14 heavy (non-hydrogen) atoms. The molecular weight excluding hydrogens is 180 g/mol. The van der Waals surface area contributed by atoms with Crippen LogP contribution in [-0.2, 0) is 6.61 Å². The summed E-state index contributed by atoms with van der Waals surface area (Å²) in [5.41, 5.74) is 2.17. The second kappa shape index (κ2) is 3.55. The van der Waals surface area contributed by atoms with Crippen LogP contribution < -0.4 is 0 Å². The first-order valence-corrected chi connectivity index (χ1v) is 4.25. The Morgan fingerprint density at radius 3 is 2.57 bits per heavy atom. The number of aliphatic hydroxyl groups excluding tert-OH is 1. The van der Waals surface area contributed by atoms with Crippen molar-refractivity contribution in [3.8, 4) is 5.69 Å². The second-order valence-corrected chi connectivity index (χ2v) is 2.89. The van der Waals surface area contributed by atoms with Gasteiger partial charge in [0, 0.05) is 12.4 Å². The molecule has 0 aliphatic heterocycles. The first-order chi connectivity index (χ1) is 6.81. The highest BCUT2D eigenvalue weighted by molar-refractivity contribution is 5.26. The number of rotatable bonds is 2.